The highest BCUT2D eigenvalue weighted by Crippen LogP contribution is 2.18. The maximum atomic E-state index is 12.3. The number of likely N-dealkylation sites (tertiary alicyclic amines) is 1. The molecule has 1 atom stereocenters. The minimum atomic E-state index is -0.148. The number of halogens is 1. The minimum absolute atomic E-state index is 0.00629. The number of carbonyl (C=O) groups excluding carboxylic acids is 2. The molecule has 1 aliphatic heterocycles. The van der Waals surface area contributed by atoms with Crippen LogP contribution >= 0.6 is 11.6 Å². The standard InChI is InChI=1S/C19H23ClN4O3/c1-13-22-17(27-23-13)6-7-18(25)24-11-9-15(12-24)19(26)21-10-8-14-2-4-16(20)5-3-14/h2-5,15H,6-12H2,1H3,(H,21,26)/t15-/m0/s1. The molecule has 1 aliphatic rings. The Hall–Kier alpha value is -2.41. The van der Waals surface area contributed by atoms with Crippen LogP contribution in [0.1, 0.15) is 30.1 Å². The summed E-state index contributed by atoms with van der Waals surface area (Å²) in [5, 5.41) is 7.38. The third-order valence-electron chi connectivity index (χ3n) is 4.66. The maximum absolute atomic E-state index is 12.3. The van der Waals surface area contributed by atoms with Crippen molar-refractivity contribution in [2.45, 2.75) is 32.6 Å². The minimum Gasteiger partial charge on any atom is -0.355 e. The molecule has 1 saturated heterocycles. The summed E-state index contributed by atoms with van der Waals surface area (Å²) in [6, 6.07) is 7.59. The zero-order valence-corrected chi connectivity index (χ0v) is 16.0. The van der Waals surface area contributed by atoms with Crippen molar-refractivity contribution in [1.82, 2.24) is 20.4 Å². The molecular formula is C19H23ClN4O3. The molecule has 3 rings (SSSR count). The molecule has 0 aliphatic carbocycles. The molecule has 7 nitrogen and oxygen atoms in total. The second kappa shape index (κ2) is 8.99. The van der Waals surface area contributed by atoms with Gasteiger partial charge < -0.3 is 14.7 Å². The lowest BCUT2D eigenvalue weighted by Crippen LogP contribution is -2.35. The highest BCUT2D eigenvalue weighted by Gasteiger charge is 2.30. The van der Waals surface area contributed by atoms with Crippen LogP contribution in [0.15, 0.2) is 28.8 Å². The number of hydrogen-bond acceptors (Lipinski definition) is 5. The predicted octanol–water partition coefficient (Wildman–Crippen LogP) is 2.17. The number of aryl methyl sites for hydroxylation is 2. The van der Waals surface area contributed by atoms with E-state index in [0.29, 0.717) is 55.6 Å². The van der Waals surface area contributed by atoms with Crippen LogP contribution in [0.4, 0.5) is 0 Å². The average molecular weight is 391 g/mol. The van der Waals surface area contributed by atoms with Crippen LogP contribution in [0.2, 0.25) is 5.02 Å². The van der Waals surface area contributed by atoms with Gasteiger partial charge in [-0.3, -0.25) is 9.59 Å². The number of benzene rings is 1. The molecular weight excluding hydrogens is 368 g/mol. The van der Waals surface area contributed by atoms with Crippen LogP contribution in [0.5, 0.6) is 0 Å². The summed E-state index contributed by atoms with van der Waals surface area (Å²) >= 11 is 5.87. The van der Waals surface area contributed by atoms with E-state index in [9.17, 15) is 9.59 Å². The number of aromatic nitrogens is 2. The monoisotopic (exact) mass is 390 g/mol. The van der Waals surface area contributed by atoms with Gasteiger partial charge in [-0.05, 0) is 37.5 Å². The topological polar surface area (TPSA) is 88.3 Å². The molecule has 27 heavy (non-hydrogen) atoms. The number of nitrogens with one attached hydrogen (secondary N) is 1. The van der Waals surface area contributed by atoms with Crippen LogP contribution < -0.4 is 5.32 Å². The Morgan fingerprint density at radius 1 is 1.30 bits per heavy atom. The Kier molecular flexibility index (Phi) is 6.45. The van der Waals surface area contributed by atoms with Gasteiger partial charge in [-0.2, -0.15) is 4.98 Å². The molecule has 1 N–H and O–H groups in total. The molecule has 0 spiro atoms. The third-order valence-corrected chi connectivity index (χ3v) is 4.91. The fraction of sp³-hybridized carbons (Fsp3) is 0.474. The summed E-state index contributed by atoms with van der Waals surface area (Å²) < 4.78 is 5.02. The molecule has 1 aromatic heterocycles. The zero-order valence-electron chi connectivity index (χ0n) is 15.3. The van der Waals surface area contributed by atoms with Crippen molar-refractivity contribution in [3.8, 4) is 0 Å². The van der Waals surface area contributed by atoms with E-state index < -0.39 is 0 Å². The lowest BCUT2D eigenvalue weighted by Gasteiger charge is -2.16. The summed E-state index contributed by atoms with van der Waals surface area (Å²) in [6.07, 6.45) is 2.18. The summed E-state index contributed by atoms with van der Waals surface area (Å²) in [4.78, 5) is 30.5. The van der Waals surface area contributed by atoms with Crippen LogP contribution in [0.3, 0.4) is 0 Å². The predicted molar refractivity (Wildman–Crippen MR) is 100 cm³/mol. The molecule has 2 amide bonds. The van der Waals surface area contributed by atoms with Crippen molar-refractivity contribution in [2.75, 3.05) is 19.6 Å². The van der Waals surface area contributed by atoms with E-state index in [4.69, 9.17) is 16.1 Å². The normalized spacial score (nSPS) is 16.5. The molecule has 1 fully saturated rings. The average Bonchev–Trinajstić information content (AvgIpc) is 3.30. The first-order chi connectivity index (χ1) is 13.0. The first kappa shape index (κ1) is 19.4. The fourth-order valence-electron chi connectivity index (χ4n) is 3.14. The molecule has 0 radical (unpaired) electrons. The van der Waals surface area contributed by atoms with Crippen molar-refractivity contribution < 1.29 is 14.1 Å². The van der Waals surface area contributed by atoms with Crippen LogP contribution in [0.25, 0.3) is 0 Å². The smallest absolute Gasteiger partial charge is 0.227 e. The van der Waals surface area contributed by atoms with Gasteiger partial charge in [-0.25, -0.2) is 0 Å². The van der Waals surface area contributed by atoms with Gasteiger partial charge in [0.25, 0.3) is 0 Å². The van der Waals surface area contributed by atoms with Crippen LogP contribution in [0, 0.1) is 12.8 Å². The molecule has 1 aromatic carbocycles. The number of carbonyl (C=O) groups is 2. The Bertz CT molecular complexity index is 791. The van der Waals surface area contributed by atoms with E-state index in [2.05, 4.69) is 15.5 Å². The molecule has 2 aromatic rings. The van der Waals surface area contributed by atoms with Gasteiger partial charge in [0.1, 0.15) is 0 Å². The lowest BCUT2D eigenvalue weighted by molar-refractivity contribution is -0.130. The van der Waals surface area contributed by atoms with E-state index in [1.165, 1.54) is 0 Å². The molecule has 0 saturated carbocycles. The second-order valence-corrected chi connectivity index (χ2v) is 7.16. The highest BCUT2D eigenvalue weighted by atomic mass is 35.5. The number of hydrogen-bond donors (Lipinski definition) is 1. The molecule has 8 heteroatoms. The largest absolute Gasteiger partial charge is 0.355 e. The fourth-order valence-corrected chi connectivity index (χ4v) is 3.27. The van der Waals surface area contributed by atoms with Gasteiger partial charge in [0.2, 0.25) is 17.7 Å². The van der Waals surface area contributed by atoms with Gasteiger partial charge in [-0.1, -0.05) is 28.9 Å². The molecule has 144 valence electrons. The first-order valence-electron chi connectivity index (χ1n) is 9.10. The SMILES string of the molecule is Cc1noc(CCC(=O)N2CC[C@H](C(=O)NCCc3ccc(Cl)cc3)C2)n1. The second-order valence-electron chi connectivity index (χ2n) is 6.73. The summed E-state index contributed by atoms with van der Waals surface area (Å²) in [6.45, 7) is 3.39. The Balaban J connectivity index is 1.38. The molecule has 0 bridgehead atoms. The van der Waals surface area contributed by atoms with Gasteiger partial charge in [0.15, 0.2) is 5.82 Å². The van der Waals surface area contributed by atoms with E-state index >= 15 is 0 Å². The van der Waals surface area contributed by atoms with E-state index in [1.54, 1.807) is 11.8 Å². The van der Waals surface area contributed by atoms with Gasteiger partial charge in [-0.15, -0.1) is 0 Å². The van der Waals surface area contributed by atoms with Crippen molar-refractivity contribution in [1.29, 1.82) is 0 Å². The van der Waals surface area contributed by atoms with Crippen LogP contribution in [-0.4, -0.2) is 46.5 Å². The number of amides is 2. The quantitative estimate of drug-likeness (QED) is 0.782. The van der Waals surface area contributed by atoms with E-state index in [0.717, 1.165) is 12.0 Å². The Labute approximate surface area is 163 Å². The summed E-state index contributed by atoms with van der Waals surface area (Å²) in [5.74, 6) is 0.907. The first-order valence-corrected chi connectivity index (χ1v) is 9.48. The zero-order chi connectivity index (χ0) is 19.2. The van der Waals surface area contributed by atoms with E-state index in [-0.39, 0.29) is 17.7 Å². The highest BCUT2D eigenvalue weighted by molar-refractivity contribution is 6.30. The Morgan fingerprint density at radius 3 is 2.78 bits per heavy atom. The van der Waals surface area contributed by atoms with E-state index in [1.807, 2.05) is 24.3 Å². The maximum Gasteiger partial charge on any atom is 0.227 e. The van der Waals surface area contributed by atoms with Gasteiger partial charge in [0.05, 0.1) is 5.92 Å². The van der Waals surface area contributed by atoms with Crippen molar-refractivity contribution in [2.24, 2.45) is 5.92 Å². The van der Waals surface area contributed by atoms with Crippen molar-refractivity contribution in [3.05, 3.63) is 46.6 Å². The number of rotatable bonds is 7. The Morgan fingerprint density at radius 2 is 2.07 bits per heavy atom. The van der Waals surface area contributed by atoms with Gasteiger partial charge >= 0.3 is 0 Å². The van der Waals surface area contributed by atoms with Gasteiger partial charge in [0, 0.05) is 37.5 Å². The number of nitrogens with zero attached hydrogens (tertiary/aromatic N) is 3. The lowest BCUT2D eigenvalue weighted by atomic mass is 10.1. The van der Waals surface area contributed by atoms with Crippen LogP contribution in [-0.2, 0) is 22.4 Å². The van der Waals surface area contributed by atoms with Crippen molar-refractivity contribution in [3.63, 3.8) is 0 Å². The third kappa shape index (κ3) is 5.53. The molecule has 0 unspecified atom stereocenters. The van der Waals surface area contributed by atoms with Crippen molar-refractivity contribution >= 4 is 23.4 Å². The molecule has 2 heterocycles. The summed E-state index contributed by atoms with van der Waals surface area (Å²) in [7, 11) is 0. The summed E-state index contributed by atoms with van der Waals surface area (Å²) in [5.41, 5.74) is 1.12.